The highest BCUT2D eigenvalue weighted by atomic mass is 16.1. The van der Waals surface area contributed by atoms with E-state index in [4.69, 9.17) is 0 Å². The molecule has 2 nitrogen and oxygen atoms in total. The second kappa shape index (κ2) is 18.9. The Labute approximate surface area is 156 Å². The Kier molecular flexibility index (Phi) is 17.9. The molecule has 0 heterocycles. The SMILES string of the molecule is CCCCCCCC#CC#CCCCCCCCC(=O)NC(C)CC. The molecule has 0 saturated carbocycles. The predicted octanol–water partition coefficient (Wildman–Crippen LogP) is 6.00. The summed E-state index contributed by atoms with van der Waals surface area (Å²) in [6, 6.07) is 0.301. The minimum atomic E-state index is 0.198. The maximum atomic E-state index is 11.6. The van der Waals surface area contributed by atoms with Crippen LogP contribution in [0.15, 0.2) is 0 Å². The number of carbonyl (C=O) groups is 1. The van der Waals surface area contributed by atoms with Gasteiger partial charge in [-0.15, -0.1) is 0 Å². The number of hydrogen-bond donors (Lipinski definition) is 1. The zero-order valence-corrected chi connectivity index (χ0v) is 16.9. The summed E-state index contributed by atoms with van der Waals surface area (Å²) in [6.07, 6.45) is 15.8. The molecule has 0 radical (unpaired) electrons. The summed E-state index contributed by atoms with van der Waals surface area (Å²) >= 11 is 0. The quantitative estimate of drug-likeness (QED) is 0.304. The average Bonchev–Trinajstić information content (AvgIpc) is 2.61. The lowest BCUT2D eigenvalue weighted by molar-refractivity contribution is -0.121. The Morgan fingerprint density at radius 3 is 1.88 bits per heavy atom. The second-order valence-corrected chi connectivity index (χ2v) is 6.91. The van der Waals surface area contributed by atoms with Crippen LogP contribution in [-0.2, 0) is 4.79 Å². The standard InChI is InChI=1S/C23H39NO/c1-4-6-7-8-9-10-11-12-13-14-15-16-17-18-19-20-21-23(25)24-22(3)5-2/h22H,4-10,15-21H2,1-3H3,(H,24,25). The molecule has 0 aromatic rings. The van der Waals surface area contributed by atoms with Crippen molar-refractivity contribution >= 4 is 5.91 Å². The Hall–Kier alpha value is -1.41. The molecule has 1 atom stereocenters. The molecule has 142 valence electrons. The van der Waals surface area contributed by atoms with E-state index in [0.29, 0.717) is 12.5 Å². The summed E-state index contributed by atoms with van der Waals surface area (Å²) in [4.78, 5) is 11.6. The summed E-state index contributed by atoms with van der Waals surface area (Å²) in [6.45, 7) is 6.38. The Bertz CT molecular complexity index is 432. The van der Waals surface area contributed by atoms with Gasteiger partial charge in [0.2, 0.25) is 5.91 Å². The lowest BCUT2D eigenvalue weighted by atomic mass is 10.1. The van der Waals surface area contributed by atoms with E-state index in [9.17, 15) is 4.79 Å². The number of carbonyl (C=O) groups excluding carboxylic acids is 1. The van der Waals surface area contributed by atoms with Gasteiger partial charge in [-0.05, 0) is 44.4 Å². The first-order valence-corrected chi connectivity index (χ1v) is 10.5. The molecule has 0 aromatic heterocycles. The number of hydrogen-bond acceptors (Lipinski definition) is 1. The van der Waals surface area contributed by atoms with Crippen LogP contribution in [0.2, 0.25) is 0 Å². The summed E-state index contributed by atoms with van der Waals surface area (Å²) < 4.78 is 0. The zero-order valence-electron chi connectivity index (χ0n) is 16.9. The van der Waals surface area contributed by atoms with Crippen molar-refractivity contribution in [1.29, 1.82) is 0 Å². The lowest BCUT2D eigenvalue weighted by Crippen LogP contribution is -2.31. The molecule has 0 saturated heterocycles. The third kappa shape index (κ3) is 18.8. The smallest absolute Gasteiger partial charge is 0.220 e. The molecule has 0 aromatic carbocycles. The monoisotopic (exact) mass is 345 g/mol. The highest BCUT2D eigenvalue weighted by Gasteiger charge is 2.04. The molecule has 25 heavy (non-hydrogen) atoms. The van der Waals surface area contributed by atoms with Gasteiger partial charge in [0.25, 0.3) is 0 Å². The van der Waals surface area contributed by atoms with Gasteiger partial charge in [0.15, 0.2) is 0 Å². The fraction of sp³-hybridized carbons (Fsp3) is 0.783. The van der Waals surface area contributed by atoms with Crippen LogP contribution >= 0.6 is 0 Å². The van der Waals surface area contributed by atoms with E-state index in [1.54, 1.807) is 0 Å². The average molecular weight is 346 g/mol. The molecule has 1 unspecified atom stereocenters. The molecule has 0 aliphatic heterocycles. The van der Waals surface area contributed by atoms with Crippen LogP contribution in [0.1, 0.15) is 111 Å². The number of amides is 1. The Morgan fingerprint density at radius 1 is 0.800 bits per heavy atom. The fourth-order valence-corrected chi connectivity index (χ4v) is 2.51. The van der Waals surface area contributed by atoms with Gasteiger partial charge in [-0.1, -0.05) is 70.6 Å². The van der Waals surface area contributed by atoms with E-state index >= 15 is 0 Å². The second-order valence-electron chi connectivity index (χ2n) is 6.91. The van der Waals surface area contributed by atoms with Gasteiger partial charge in [-0.2, -0.15) is 0 Å². The molecule has 0 fully saturated rings. The molecule has 0 aliphatic carbocycles. The van der Waals surface area contributed by atoms with E-state index in [0.717, 1.165) is 38.5 Å². The van der Waals surface area contributed by atoms with Gasteiger partial charge >= 0.3 is 0 Å². The zero-order chi connectivity index (χ0) is 18.6. The highest BCUT2D eigenvalue weighted by molar-refractivity contribution is 5.76. The summed E-state index contributed by atoms with van der Waals surface area (Å²) in [7, 11) is 0. The Balaban J connectivity index is 3.38. The van der Waals surface area contributed by atoms with Crippen molar-refractivity contribution in [3.8, 4) is 23.7 Å². The van der Waals surface area contributed by atoms with Crippen molar-refractivity contribution in [2.75, 3.05) is 0 Å². The fourth-order valence-electron chi connectivity index (χ4n) is 2.51. The van der Waals surface area contributed by atoms with Gasteiger partial charge in [0.1, 0.15) is 0 Å². The normalized spacial score (nSPS) is 11.0. The first kappa shape index (κ1) is 23.6. The number of unbranched alkanes of at least 4 members (excludes halogenated alkanes) is 10. The largest absolute Gasteiger partial charge is 0.354 e. The van der Waals surface area contributed by atoms with Gasteiger partial charge < -0.3 is 5.32 Å². The van der Waals surface area contributed by atoms with Gasteiger partial charge in [-0.3, -0.25) is 4.79 Å². The molecule has 0 spiro atoms. The molecule has 2 heteroatoms. The summed E-state index contributed by atoms with van der Waals surface area (Å²) in [5, 5.41) is 3.01. The molecule has 0 aliphatic rings. The van der Waals surface area contributed by atoms with Crippen molar-refractivity contribution in [3.63, 3.8) is 0 Å². The molecule has 0 bridgehead atoms. The van der Waals surface area contributed by atoms with E-state index in [-0.39, 0.29) is 5.91 Å². The summed E-state index contributed by atoms with van der Waals surface area (Å²) in [5.41, 5.74) is 0. The first-order chi connectivity index (χ1) is 12.2. The topological polar surface area (TPSA) is 29.1 Å². The molecular weight excluding hydrogens is 306 g/mol. The van der Waals surface area contributed by atoms with Crippen LogP contribution in [0, 0.1) is 23.7 Å². The highest BCUT2D eigenvalue weighted by Crippen LogP contribution is 2.07. The minimum absolute atomic E-state index is 0.198. The minimum Gasteiger partial charge on any atom is -0.354 e. The van der Waals surface area contributed by atoms with Crippen molar-refractivity contribution in [3.05, 3.63) is 0 Å². The van der Waals surface area contributed by atoms with Crippen LogP contribution in [0.25, 0.3) is 0 Å². The van der Waals surface area contributed by atoms with Crippen LogP contribution in [0.5, 0.6) is 0 Å². The lowest BCUT2D eigenvalue weighted by Gasteiger charge is -2.10. The van der Waals surface area contributed by atoms with Crippen LogP contribution in [0.4, 0.5) is 0 Å². The van der Waals surface area contributed by atoms with Gasteiger partial charge in [-0.25, -0.2) is 0 Å². The maximum absolute atomic E-state index is 11.6. The predicted molar refractivity (Wildman–Crippen MR) is 109 cm³/mol. The van der Waals surface area contributed by atoms with Gasteiger partial charge in [0.05, 0.1) is 0 Å². The molecule has 1 N–H and O–H groups in total. The maximum Gasteiger partial charge on any atom is 0.220 e. The van der Waals surface area contributed by atoms with Crippen LogP contribution in [0.3, 0.4) is 0 Å². The van der Waals surface area contributed by atoms with E-state index < -0.39 is 0 Å². The van der Waals surface area contributed by atoms with E-state index in [1.165, 1.54) is 44.9 Å². The molecule has 1 amide bonds. The van der Waals surface area contributed by atoms with Crippen molar-refractivity contribution in [2.24, 2.45) is 0 Å². The molecular formula is C23H39NO. The third-order valence-electron chi connectivity index (χ3n) is 4.37. The van der Waals surface area contributed by atoms with Crippen LogP contribution in [-0.4, -0.2) is 11.9 Å². The van der Waals surface area contributed by atoms with Crippen molar-refractivity contribution in [2.45, 2.75) is 117 Å². The van der Waals surface area contributed by atoms with Crippen molar-refractivity contribution < 1.29 is 4.79 Å². The first-order valence-electron chi connectivity index (χ1n) is 10.5. The molecule has 0 rings (SSSR count). The summed E-state index contributed by atoms with van der Waals surface area (Å²) in [5.74, 6) is 12.4. The Morgan fingerprint density at radius 2 is 1.32 bits per heavy atom. The van der Waals surface area contributed by atoms with E-state index in [2.05, 4.69) is 49.8 Å². The third-order valence-corrected chi connectivity index (χ3v) is 4.37. The number of nitrogens with one attached hydrogen (secondary N) is 1. The van der Waals surface area contributed by atoms with Gasteiger partial charge in [0, 0.05) is 25.3 Å². The van der Waals surface area contributed by atoms with Crippen molar-refractivity contribution in [1.82, 2.24) is 5.32 Å². The van der Waals surface area contributed by atoms with Crippen LogP contribution < -0.4 is 5.32 Å². The number of rotatable bonds is 14. The van der Waals surface area contributed by atoms with E-state index in [1.807, 2.05) is 0 Å².